The van der Waals surface area contributed by atoms with Crippen molar-refractivity contribution in [3.63, 3.8) is 0 Å². The molecule has 0 spiro atoms. The highest BCUT2D eigenvalue weighted by molar-refractivity contribution is 5.90. The summed E-state index contributed by atoms with van der Waals surface area (Å²) in [6.45, 7) is 1.25. The predicted molar refractivity (Wildman–Crippen MR) is 81.9 cm³/mol. The van der Waals surface area contributed by atoms with E-state index in [1.807, 2.05) is 24.3 Å². The number of carbonyl (C=O) groups excluding carboxylic acids is 1. The van der Waals surface area contributed by atoms with Crippen LogP contribution in [0.1, 0.15) is 12.0 Å². The molecule has 0 bridgehead atoms. The molecule has 0 atom stereocenters. The summed E-state index contributed by atoms with van der Waals surface area (Å²) in [5.41, 5.74) is 8.15. The van der Waals surface area contributed by atoms with Crippen LogP contribution < -0.4 is 11.1 Å². The van der Waals surface area contributed by atoms with E-state index >= 15 is 0 Å². The molecule has 21 heavy (non-hydrogen) atoms. The van der Waals surface area contributed by atoms with Crippen molar-refractivity contribution in [3.05, 3.63) is 42.2 Å². The van der Waals surface area contributed by atoms with Crippen molar-refractivity contribution in [2.24, 2.45) is 0 Å². The summed E-state index contributed by atoms with van der Waals surface area (Å²) >= 11 is 0. The van der Waals surface area contributed by atoms with Gasteiger partial charge in [-0.15, -0.1) is 0 Å². The van der Waals surface area contributed by atoms with Crippen molar-refractivity contribution < 1.29 is 9.53 Å². The summed E-state index contributed by atoms with van der Waals surface area (Å²) in [4.78, 5) is 11.9. The van der Waals surface area contributed by atoms with E-state index in [4.69, 9.17) is 10.5 Å². The summed E-state index contributed by atoms with van der Waals surface area (Å²) < 4.78 is 6.71. The van der Waals surface area contributed by atoms with Gasteiger partial charge in [-0.2, -0.15) is 5.10 Å². The summed E-state index contributed by atoms with van der Waals surface area (Å²) in [5.74, 6) is -0.0295. The number of aryl methyl sites for hydroxylation is 1. The van der Waals surface area contributed by atoms with Gasteiger partial charge < -0.3 is 15.8 Å². The summed E-state index contributed by atoms with van der Waals surface area (Å²) in [6.07, 6.45) is 4.54. The van der Waals surface area contributed by atoms with E-state index in [9.17, 15) is 4.79 Å². The maximum atomic E-state index is 11.9. The first-order chi connectivity index (χ1) is 10.2. The molecular formula is C15H20N4O2. The number of methoxy groups -OCH3 is 1. The molecule has 112 valence electrons. The van der Waals surface area contributed by atoms with Gasteiger partial charge >= 0.3 is 0 Å². The third-order valence-electron chi connectivity index (χ3n) is 3.06. The molecule has 2 aromatic rings. The Morgan fingerprint density at radius 3 is 2.86 bits per heavy atom. The minimum atomic E-state index is -0.0295. The highest BCUT2D eigenvalue weighted by Crippen LogP contribution is 2.09. The predicted octanol–water partition coefficient (Wildman–Crippen LogP) is 1.68. The number of ether oxygens (including phenoxy) is 1. The molecule has 0 saturated heterocycles. The summed E-state index contributed by atoms with van der Waals surface area (Å²) in [7, 11) is 1.64. The minimum absolute atomic E-state index is 0.0295. The van der Waals surface area contributed by atoms with E-state index in [0.717, 1.165) is 11.3 Å². The average molecular weight is 288 g/mol. The molecule has 1 heterocycles. The molecular weight excluding hydrogens is 268 g/mol. The Labute approximate surface area is 123 Å². The number of nitrogens with two attached hydrogens (primary N) is 1. The van der Waals surface area contributed by atoms with Gasteiger partial charge in [-0.3, -0.25) is 9.48 Å². The molecule has 6 heteroatoms. The second-order valence-electron chi connectivity index (χ2n) is 4.77. The zero-order valence-electron chi connectivity index (χ0n) is 12.1. The van der Waals surface area contributed by atoms with Crippen LogP contribution in [0.2, 0.25) is 0 Å². The Kier molecular flexibility index (Phi) is 5.34. The van der Waals surface area contributed by atoms with Crippen LogP contribution in [0.5, 0.6) is 0 Å². The lowest BCUT2D eigenvalue weighted by Gasteiger charge is -2.03. The average Bonchev–Trinajstić information content (AvgIpc) is 2.92. The van der Waals surface area contributed by atoms with Gasteiger partial charge in [-0.05, 0) is 24.1 Å². The Bertz CT molecular complexity index is 578. The lowest BCUT2D eigenvalue weighted by atomic mass is 10.1. The van der Waals surface area contributed by atoms with Crippen molar-refractivity contribution in [1.82, 2.24) is 9.78 Å². The maximum Gasteiger partial charge on any atom is 0.224 e. The molecule has 0 fully saturated rings. The van der Waals surface area contributed by atoms with E-state index in [-0.39, 0.29) is 5.91 Å². The number of amides is 1. The van der Waals surface area contributed by atoms with Crippen molar-refractivity contribution in [1.29, 1.82) is 0 Å². The molecule has 0 radical (unpaired) electrons. The molecule has 0 saturated carbocycles. The number of benzene rings is 1. The molecule has 0 aliphatic rings. The normalized spacial score (nSPS) is 10.5. The number of nitrogen functional groups attached to an aromatic ring is 1. The topological polar surface area (TPSA) is 82.2 Å². The fourth-order valence-electron chi connectivity index (χ4n) is 1.90. The first-order valence-electron chi connectivity index (χ1n) is 6.83. The number of aromatic nitrogens is 2. The third-order valence-corrected chi connectivity index (χ3v) is 3.06. The highest BCUT2D eigenvalue weighted by Gasteiger charge is 2.05. The number of carbonyl (C=O) groups is 1. The summed E-state index contributed by atoms with van der Waals surface area (Å²) in [6, 6.07) is 7.55. The molecule has 0 aliphatic heterocycles. The maximum absolute atomic E-state index is 11.9. The monoisotopic (exact) mass is 288 g/mol. The molecule has 1 aromatic heterocycles. The van der Waals surface area contributed by atoms with E-state index in [1.54, 1.807) is 24.2 Å². The van der Waals surface area contributed by atoms with Gasteiger partial charge in [0.1, 0.15) is 0 Å². The lowest BCUT2D eigenvalue weighted by Crippen LogP contribution is -2.12. The van der Waals surface area contributed by atoms with Gasteiger partial charge in [0.25, 0.3) is 0 Å². The van der Waals surface area contributed by atoms with Gasteiger partial charge in [0, 0.05) is 25.4 Å². The van der Waals surface area contributed by atoms with Gasteiger partial charge in [-0.25, -0.2) is 0 Å². The Hall–Kier alpha value is -2.34. The van der Waals surface area contributed by atoms with Crippen LogP contribution in [-0.4, -0.2) is 29.4 Å². The number of hydrogen-bond acceptors (Lipinski definition) is 4. The second kappa shape index (κ2) is 7.44. The first kappa shape index (κ1) is 15.1. The molecule has 1 amide bonds. The molecule has 6 nitrogen and oxygen atoms in total. The molecule has 0 unspecified atom stereocenters. The molecule has 0 aliphatic carbocycles. The molecule has 1 aromatic carbocycles. The van der Waals surface area contributed by atoms with Gasteiger partial charge in [0.2, 0.25) is 5.91 Å². The molecule has 2 rings (SSSR count). The number of nitrogens with one attached hydrogen (secondary N) is 1. The van der Waals surface area contributed by atoms with E-state index < -0.39 is 0 Å². The van der Waals surface area contributed by atoms with Crippen molar-refractivity contribution >= 4 is 17.3 Å². The first-order valence-corrected chi connectivity index (χ1v) is 6.83. The number of hydrogen-bond donors (Lipinski definition) is 2. The SMILES string of the molecule is COCCn1cc(NC(=O)CCc2ccc(N)cc2)cn1. The van der Waals surface area contributed by atoms with Gasteiger partial charge in [-0.1, -0.05) is 12.1 Å². The van der Waals surface area contributed by atoms with Crippen LogP contribution in [0.4, 0.5) is 11.4 Å². The number of anilines is 2. The van der Waals surface area contributed by atoms with Crippen LogP contribution in [0, 0.1) is 0 Å². The largest absolute Gasteiger partial charge is 0.399 e. The zero-order valence-corrected chi connectivity index (χ0v) is 12.1. The summed E-state index contributed by atoms with van der Waals surface area (Å²) in [5, 5.41) is 6.98. The Morgan fingerprint density at radius 2 is 2.14 bits per heavy atom. The highest BCUT2D eigenvalue weighted by atomic mass is 16.5. The third kappa shape index (κ3) is 4.92. The van der Waals surface area contributed by atoms with Crippen LogP contribution in [0.3, 0.4) is 0 Å². The van der Waals surface area contributed by atoms with E-state index in [2.05, 4.69) is 10.4 Å². The van der Waals surface area contributed by atoms with Gasteiger partial charge in [0.05, 0.1) is 25.0 Å². The van der Waals surface area contributed by atoms with E-state index in [1.165, 1.54) is 0 Å². The molecule has 3 N–H and O–H groups in total. The quantitative estimate of drug-likeness (QED) is 0.759. The van der Waals surface area contributed by atoms with Crippen LogP contribution in [0.25, 0.3) is 0 Å². The van der Waals surface area contributed by atoms with Crippen molar-refractivity contribution in [2.75, 3.05) is 24.8 Å². The van der Waals surface area contributed by atoms with E-state index in [0.29, 0.717) is 31.7 Å². The zero-order chi connectivity index (χ0) is 15.1. The fraction of sp³-hybridized carbons (Fsp3) is 0.333. The number of rotatable bonds is 7. The fourth-order valence-corrected chi connectivity index (χ4v) is 1.90. The van der Waals surface area contributed by atoms with Crippen LogP contribution in [-0.2, 0) is 22.5 Å². The van der Waals surface area contributed by atoms with Crippen molar-refractivity contribution in [3.8, 4) is 0 Å². The minimum Gasteiger partial charge on any atom is -0.399 e. The second-order valence-corrected chi connectivity index (χ2v) is 4.77. The van der Waals surface area contributed by atoms with Crippen molar-refractivity contribution in [2.45, 2.75) is 19.4 Å². The Balaban J connectivity index is 1.78. The smallest absolute Gasteiger partial charge is 0.224 e. The van der Waals surface area contributed by atoms with Crippen LogP contribution in [0.15, 0.2) is 36.7 Å². The Morgan fingerprint density at radius 1 is 1.38 bits per heavy atom. The standard InChI is InChI=1S/C15H20N4O2/c1-21-9-8-19-11-14(10-17-19)18-15(20)7-4-12-2-5-13(16)6-3-12/h2-3,5-6,10-11H,4,7-9,16H2,1H3,(H,18,20). The lowest BCUT2D eigenvalue weighted by molar-refractivity contribution is -0.116. The van der Waals surface area contributed by atoms with Gasteiger partial charge in [0.15, 0.2) is 0 Å². The number of nitrogens with zero attached hydrogens (tertiary/aromatic N) is 2. The van der Waals surface area contributed by atoms with Crippen LogP contribution >= 0.6 is 0 Å².